The summed E-state index contributed by atoms with van der Waals surface area (Å²) in [6.07, 6.45) is 0. The SMILES string of the molecule is CC1(C)S[C@@H]2[C@H](NC(=O)[C@H](NC(=O)[C@@H]3N4C(=O)[C@@H](NC(=O)[C@@H](N)c5ccc(O)cc5)[C@H]4SC3(C)C)c3cccc(O)c3)C(=O)N2[C@H]1C(=O)O. The molecule has 15 nitrogen and oxygen atoms in total. The average Bonchev–Trinajstić information content (AvgIpc) is 3.45. The normalized spacial score (nSPS) is 28.7. The van der Waals surface area contributed by atoms with E-state index in [0.717, 1.165) is 0 Å². The summed E-state index contributed by atoms with van der Waals surface area (Å²) in [5.74, 6) is -4.45. The van der Waals surface area contributed by atoms with Gasteiger partial charge in [0.2, 0.25) is 29.5 Å². The Morgan fingerprint density at radius 1 is 0.776 bits per heavy atom. The van der Waals surface area contributed by atoms with Gasteiger partial charge in [-0.1, -0.05) is 24.3 Å². The van der Waals surface area contributed by atoms with Gasteiger partial charge in [0.25, 0.3) is 0 Å². The fourth-order valence-corrected chi connectivity index (χ4v) is 10.1. The fourth-order valence-electron chi connectivity index (χ4n) is 6.85. The molecular weight excluding hydrogens is 677 g/mol. The third-order valence-corrected chi connectivity index (χ3v) is 12.4. The summed E-state index contributed by atoms with van der Waals surface area (Å²) < 4.78 is -1.68. The Bertz CT molecular complexity index is 1750. The third-order valence-electron chi connectivity index (χ3n) is 9.25. The van der Waals surface area contributed by atoms with E-state index in [2.05, 4.69) is 16.0 Å². The number of carbonyl (C=O) groups excluding carboxylic acids is 5. The van der Waals surface area contributed by atoms with Crippen LogP contribution in [0.4, 0.5) is 0 Å². The van der Waals surface area contributed by atoms with Crippen molar-refractivity contribution in [1.82, 2.24) is 25.8 Å². The first-order chi connectivity index (χ1) is 22.9. The van der Waals surface area contributed by atoms with Crippen molar-refractivity contribution in [2.24, 2.45) is 5.73 Å². The largest absolute Gasteiger partial charge is 0.508 e. The van der Waals surface area contributed by atoms with Crippen LogP contribution in [0.3, 0.4) is 0 Å². The first-order valence-corrected chi connectivity index (χ1v) is 17.2. The van der Waals surface area contributed by atoms with E-state index in [1.807, 2.05) is 0 Å². The Morgan fingerprint density at radius 3 is 1.86 bits per heavy atom. The van der Waals surface area contributed by atoms with E-state index in [1.54, 1.807) is 27.7 Å². The lowest BCUT2D eigenvalue weighted by molar-refractivity contribution is -0.161. The molecule has 0 aliphatic carbocycles. The smallest absolute Gasteiger partial charge is 0.327 e. The number of fused-ring (bicyclic) bond motifs is 2. The lowest BCUT2D eigenvalue weighted by atomic mass is 9.93. The number of thioether (sulfide) groups is 2. The number of β-lactam (4-membered cyclic amide) rings is 2. The summed E-state index contributed by atoms with van der Waals surface area (Å²) >= 11 is 2.55. The molecule has 49 heavy (non-hydrogen) atoms. The number of phenols is 2. The van der Waals surface area contributed by atoms with Crippen LogP contribution in [0.5, 0.6) is 11.5 Å². The van der Waals surface area contributed by atoms with Crippen molar-refractivity contribution >= 4 is 59.0 Å². The number of aromatic hydroxyl groups is 2. The van der Waals surface area contributed by atoms with Gasteiger partial charge in [-0.3, -0.25) is 24.0 Å². The monoisotopic (exact) mass is 712 g/mol. The number of amides is 5. The van der Waals surface area contributed by atoms with Crippen molar-refractivity contribution in [1.29, 1.82) is 0 Å². The molecule has 4 heterocycles. The molecule has 4 aliphatic heterocycles. The Morgan fingerprint density at radius 2 is 1.31 bits per heavy atom. The second kappa shape index (κ2) is 12.1. The predicted molar refractivity (Wildman–Crippen MR) is 178 cm³/mol. The van der Waals surface area contributed by atoms with E-state index < -0.39 is 92.0 Å². The zero-order chi connectivity index (χ0) is 35.7. The predicted octanol–water partition coefficient (Wildman–Crippen LogP) is 0.134. The minimum atomic E-state index is -1.40. The van der Waals surface area contributed by atoms with Gasteiger partial charge in [0.05, 0.1) is 0 Å². The number of rotatable bonds is 9. The van der Waals surface area contributed by atoms with Gasteiger partial charge >= 0.3 is 5.97 Å². The quantitative estimate of drug-likeness (QED) is 0.172. The van der Waals surface area contributed by atoms with Crippen LogP contribution in [0.2, 0.25) is 0 Å². The molecule has 2 aromatic rings. The summed E-state index contributed by atoms with van der Waals surface area (Å²) in [4.78, 5) is 81.8. The molecule has 4 saturated heterocycles. The maximum absolute atomic E-state index is 14.0. The lowest BCUT2D eigenvalue weighted by Gasteiger charge is -2.45. The third kappa shape index (κ3) is 5.82. The van der Waals surface area contributed by atoms with E-state index in [9.17, 15) is 44.1 Å². The van der Waals surface area contributed by atoms with Crippen molar-refractivity contribution in [2.45, 2.75) is 84.2 Å². The van der Waals surface area contributed by atoms with Crippen LogP contribution >= 0.6 is 23.5 Å². The Kier molecular flexibility index (Phi) is 8.52. The molecule has 2 aromatic carbocycles. The van der Waals surface area contributed by atoms with Crippen LogP contribution in [-0.4, -0.2) is 105 Å². The summed E-state index contributed by atoms with van der Waals surface area (Å²) in [6.45, 7) is 6.94. The number of phenolic OH excluding ortho intramolecular Hbond substituents is 2. The maximum atomic E-state index is 14.0. The molecule has 8 N–H and O–H groups in total. The summed E-state index contributed by atoms with van der Waals surface area (Å²) in [5.41, 5.74) is 6.74. The zero-order valence-electron chi connectivity index (χ0n) is 26.8. The molecule has 260 valence electrons. The minimum Gasteiger partial charge on any atom is -0.508 e. The van der Waals surface area contributed by atoms with Crippen LogP contribution in [0.15, 0.2) is 48.5 Å². The summed E-state index contributed by atoms with van der Waals surface area (Å²) in [5, 5.41) is 36.3. The van der Waals surface area contributed by atoms with Crippen molar-refractivity contribution in [3.63, 3.8) is 0 Å². The maximum Gasteiger partial charge on any atom is 0.327 e. The molecule has 17 heteroatoms. The van der Waals surface area contributed by atoms with E-state index in [-0.39, 0.29) is 17.1 Å². The molecule has 4 fully saturated rings. The zero-order valence-corrected chi connectivity index (χ0v) is 28.5. The standard InChI is InChI=1S/C32H36N6O9S2/c1-31(2)21(37-26(44)19(28(37)48-31)35-23(41)17(33)13-8-10-15(39)11-9-13)25(43)34-18(14-6-5-7-16(40)12-14)24(42)36-20-27(45)38-22(30(46)47)32(3,4)49-29(20)38/h5-12,17-22,28-29,39-40H,33H2,1-4H3,(H,34,43)(H,35,41)(H,36,42)(H,46,47)/t17-,18+,19+,20+,21-,22-,28+,29+/m0/s1. The molecule has 0 unspecified atom stereocenters. The number of aliphatic carboxylic acids is 1. The number of carboxylic acid groups (broad SMARTS) is 1. The summed E-state index contributed by atoms with van der Waals surface area (Å²) in [6, 6.07) is 4.81. The van der Waals surface area contributed by atoms with E-state index in [1.165, 1.54) is 81.9 Å². The van der Waals surface area contributed by atoms with Gasteiger partial charge in [0.1, 0.15) is 58.5 Å². The van der Waals surface area contributed by atoms with Gasteiger partial charge < -0.3 is 46.8 Å². The highest BCUT2D eigenvalue weighted by Crippen LogP contribution is 2.52. The number of benzene rings is 2. The molecule has 5 amide bonds. The molecule has 0 radical (unpaired) electrons. The molecule has 0 spiro atoms. The second-order valence-electron chi connectivity index (χ2n) is 13.4. The number of carboxylic acids is 1. The number of hydrogen-bond acceptors (Lipinski definition) is 11. The van der Waals surface area contributed by atoms with E-state index in [4.69, 9.17) is 5.73 Å². The Hall–Kier alpha value is -4.48. The van der Waals surface area contributed by atoms with Crippen molar-refractivity contribution in [3.05, 3.63) is 59.7 Å². The molecule has 8 atom stereocenters. The lowest BCUT2D eigenvalue weighted by Crippen LogP contribution is -2.72. The highest BCUT2D eigenvalue weighted by atomic mass is 32.2. The van der Waals surface area contributed by atoms with E-state index >= 15 is 0 Å². The molecule has 6 rings (SSSR count). The van der Waals surface area contributed by atoms with E-state index in [0.29, 0.717) is 5.56 Å². The van der Waals surface area contributed by atoms with Crippen LogP contribution in [0.1, 0.15) is 50.9 Å². The first-order valence-electron chi connectivity index (χ1n) is 15.4. The Labute approximate surface area is 289 Å². The number of nitrogens with two attached hydrogens (primary N) is 1. The molecule has 0 bridgehead atoms. The number of hydrogen-bond donors (Lipinski definition) is 7. The highest BCUT2D eigenvalue weighted by molar-refractivity contribution is 8.02. The van der Waals surface area contributed by atoms with Gasteiger partial charge in [-0.15, -0.1) is 23.5 Å². The second-order valence-corrected chi connectivity index (χ2v) is 17.0. The number of nitrogens with one attached hydrogen (secondary N) is 3. The Balaban J connectivity index is 1.18. The number of nitrogens with zero attached hydrogens (tertiary/aromatic N) is 2. The van der Waals surface area contributed by atoms with Crippen molar-refractivity contribution < 1.29 is 44.1 Å². The van der Waals surface area contributed by atoms with Gasteiger partial charge in [-0.2, -0.15) is 0 Å². The van der Waals surface area contributed by atoms with Crippen molar-refractivity contribution in [3.8, 4) is 11.5 Å². The molecule has 4 aliphatic rings. The van der Waals surface area contributed by atoms with Crippen molar-refractivity contribution in [2.75, 3.05) is 0 Å². The van der Waals surface area contributed by atoms with Gasteiger partial charge in [-0.25, -0.2) is 4.79 Å². The molecular formula is C32H36N6O9S2. The van der Waals surface area contributed by atoms with Gasteiger partial charge in [-0.05, 0) is 63.1 Å². The average molecular weight is 713 g/mol. The fraction of sp³-hybridized carbons (Fsp3) is 0.438. The highest BCUT2D eigenvalue weighted by Gasteiger charge is 2.66. The van der Waals surface area contributed by atoms with Crippen LogP contribution in [0, 0.1) is 0 Å². The van der Waals surface area contributed by atoms with Crippen LogP contribution in [-0.2, 0) is 28.8 Å². The minimum absolute atomic E-state index is 0.00720. The number of carbonyl (C=O) groups is 6. The molecule has 0 aromatic heterocycles. The summed E-state index contributed by atoms with van der Waals surface area (Å²) in [7, 11) is 0. The van der Waals surface area contributed by atoms with Gasteiger partial charge in [0.15, 0.2) is 0 Å². The van der Waals surface area contributed by atoms with Gasteiger partial charge in [0, 0.05) is 9.49 Å². The molecule has 0 saturated carbocycles. The topological polar surface area (TPSA) is 232 Å². The van der Waals surface area contributed by atoms with Crippen LogP contribution in [0.25, 0.3) is 0 Å². The van der Waals surface area contributed by atoms with Crippen LogP contribution < -0.4 is 21.7 Å². The first kappa shape index (κ1) is 34.4.